The predicted molar refractivity (Wildman–Crippen MR) is 70.7 cm³/mol. The van der Waals surface area contributed by atoms with Crippen molar-refractivity contribution in [2.45, 2.75) is 12.5 Å². The van der Waals surface area contributed by atoms with E-state index in [0.29, 0.717) is 5.02 Å². The molecule has 1 aromatic heterocycles. The zero-order valence-electron chi connectivity index (χ0n) is 9.58. The summed E-state index contributed by atoms with van der Waals surface area (Å²) in [5, 5.41) is 4.85. The van der Waals surface area contributed by atoms with E-state index in [4.69, 9.17) is 16.4 Å². The van der Waals surface area contributed by atoms with Gasteiger partial charge in [0, 0.05) is 29.4 Å². The van der Waals surface area contributed by atoms with E-state index in [1.807, 2.05) is 36.4 Å². The van der Waals surface area contributed by atoms with Crippen LogP contribution in [0.5, 0.6) is 0 Å². The molecule has 0 spiro atoms. The van der Waals surface area contributed by atoms with Gasteiger partial charge >= 0.3 is 0 Å². The van der Waals surface area contributed by atoms with E-state index in [1.54, 1.807) is 12.4 Å². The summed E-state index contributed by atoms with van der Waals surface area (Å²) in [5.41, 5.74) is 3.03. The van der Waals surface area contributed by atoms with Crippen molar-refractivity contribution in [1.82, 2.24) is 4.98 Å². The van der Waals surface area contributed by atoms with E-state index in [1.165, 1.54) is 0 Å². The van der Waals surface area contributed by atoms with Crippen LogP contribution in [-0.2, 0) is 4.84 Å². The highest BCUT2D eigenvalue weighted by Crippen LogP contribution is 2.29. The first-order valence-corrected chi connectivity index (χ1v) is 6.09. The van der Waals surface area contributed by atoms with Crippen LogP contribution in [0.25, 0.3) is 0 Å². The fourth-order valence-electron chi connectivity index (χ4n) is 1.97. The molecule has 0 saturated carbocycles. The Morgan fingerprint density at radius 3 is 2.78 bits per heavy atom. The summed E-state index contributed by atoms with van der Waals surface area (Å²) < 4.78 is 0. The van der Waals surface area contributed by atoms with Crippen LogP contribution in [0.1, 0.15) is 23.7 Å². The maximum absolute atomic E-state index is 5.97. The minimum absolute atomic E-state index is 0.0259. The Labute approximate surface area is 110 Å². The second-order valence-electron chi connectivity index (χ2n) is 4.13. The summed E-state index contributed by atoms with van der Waals surface area (Å²) in [5.74, 6) is 0. The zero-order chi connectivity index (χ0) is 12.4. The van der Waals surface area contributed by atoms with Crippen LogP contribution in [0.3, 0.4) is 0 Å². The first-order valence-electron chi connectivity index (χ1n) is 5.71. The third-order valence-electron chi connectivity index (χ3n) is 2.90. The summed E-state index contributed by atoms with van der Waals surface area (Å²) in [6, 6.07) is 11.5. The van der Waals surface area contributed by atoms with Gasteiger partial charge in [-0.15, -0.1) is 0 Å². The molecule has 0 saturated heterocycles. The molecule has 2 aromatic rings. The Hall–Kier alpha value is -1.87. The van der Waals surface area contributed by atoms with Crippen molar-refractivity contribution in [2.24, 2.45) is 5.16 Å². The predicted octanol–water partition coefficient (Wildman–Crippen LogP) is 3.60. The lowest BCUT2D eigenvalue weighted by Crippen LogP contribution is -2.01. The molecule has 0 fully saturated rings. The number of rotatable bonds is 2. The van der Waals surface area contributed by atoms with Gasteiger partial charge in [-0.05, 0) is 29.8 Å². The van der Waals surface area contributed by atoms with Gasteiger partial charge in [-0.2, -0.15) is 0 Å². The lowest BCUT2D eigenvalue weighted by molar-refractivity contribution is 0.0857. The molecule has 0 bridgehead atoms. The van der Waals surface area contributed by atoms with Crippen molar-refractivity contribution in [3.05, 3.63) is 64.9 Å². The van der Waals surface area contributed by atoms with E-state index >= 15 is 0 Å². The summed E-state index contributed by atoms with van der Waals surface area (Å²) >= 11 is 5.97. The number of aromatic nitrogens is 1. The molecule has 0 radical (unpaired) electrons. The van der Waals surface area contributed by atoms with Gasteiger partial charge in [-0.25, -0.2) is 0 Å². The summed E-state index contributed by atoms with van der Waals surface area (Å²) in [6.45, 7) is 0. The van der Waals surface area contributed by atoms with Gasteiger partial charge in [0.1, 0.15) is 0 Å². The lowest BCUT2D eigenvalue weighted by Gasteiger charge is -2.07. The smallest absolute Gasteiger partial charge is 0.158 e. The van der Waals surface area contributed by atoms with Crippen LogP contribution in [0.15, 0.2) is 53.9 Å². The topological polar surface area (TPSA) is 34.5 Å². The average Bonchev–Trinajstić information content (AvgIpc) is 2.89. The summed E-state index contributed by atoms with van der Waals surface area (Å²) in [4.78, 5) is 9.46. The van der Waals surface area contributed by atoms with Gasteiger partial charge in [0.2, 0.25) is 0 Å². The lowest BCUT2D eigenvalue weighted by atomic mass is 10.0. The van der Waals surface area contributed by atoms with Crippen molar-refractivity contribution in [1.29, 1.82) is 0 Å². The first kappa shape index (κ1) is 11.2. The highest BCUT2D eigenvalue weighted by molar-refractivity contribution is 6.31. The quantitative estimate of drug-likeness (QED) is 0.825. The molecule has 3 rings (SSSR count). The molecule has 3 nitrogen and oxygen atoms in total. The van der Waals surface area contributed by atoms with Crippen LogP contribution < -0.4 is 0 Å². The van der Waals surface area contributed by atoms with E-state index in [9.17, 15) is 0 Å². The van der Waals surface area contributed by atoms with Crippen LogP contribution in [0, 0.1) is 0 Å². The monoisotopic (exact) mass is 258 g/mol. The highest BCUT2D eigenvalue weighted by atomic mass is 35.5. The summed E-state index contributed by atoms with van der Waals surface area (Å²) in [7, 11) is 0. The second kappa shape index (κ2) is 4.78. The van der Waals surface area contributed by atoms with Crippen LogP contribution in [-0.4, -0.2) is 10.7 Å². The highest BCUT2D eigenvalue weighted by Gasteiger charge is 2.23. The molecule has 18 heavy (non-hydrogen) atoms. The van der Waals surface area contributed by atoms with Gasteiger partial charge in [-0.1, -0.05) is 28.9 Å². The van der Waals surface area contributed by atoms with E-state index in [0.717, 1.165) is 23.3 Å². The number of oxime groups is 1. The standard InChI is InChI=1S/C14H11ClN2O/c15-12-3-1-2-11(8-12)13-9-14(18-17-13)10-4-6-16-7-5-10/h1-8,14H,9H2. The van der Waals surface area contributed by atoms with Crippen molar-refractivity contribution >= 4 is 17.3 Å². The third kappa shape index (κ3) is 2.22. The van der Waals surface area contributed by atoms with Gasteiger partial charge in [-0.3, -0.25) is 4.98 Å². The normalized spacial score (nSPS) is 18.3. The number of pyridine rings is 1. The average molecular weight is 259 g/mol. The third-order valence-corrected chi connectivity index (χ3v) is 3.14. The molecule has 1 atom stereocenters. The molecule has 1 aliphatic heterocycles. The van der Waals surface area contributed by atoms with E-state index < -0.39 is 0 Å². The number of benzene rings is 1. The Balaban J connectivity index is 1.79. The molecule has 1 aromatic carbocycles. The van der Waals surface area contributed by atoms with Crippen molar-refractivity contribution in [2.75, 3.05) is 0 Å². The Morgan fingerprint density at radius 1 is 1.17 bits per heavy atom. The Morgan fingerprint density at radius 2 is 2.00 bits per heavy atom. The molecule has 0 amide bonds. The molecule has 90 valence electrons. The van der Waals surface area contributed by atoms with E-state index in [-0.39, 0.29) is 6.10 Å². The van der Waals surface area contributed by atoms with Crippen LogP contribution in [0.4, 0.5) is 0 Å². The van der Waals surface area contributed by atoms with Crippen LogP contribution in [0.2, 0.25) is 5.02 Å². The minimum atomic E-state index is -0.0259. The molecule has 1 aliphatic rings. The number of hydrogen-bond acceptors (Lipinski definition) is 3. The van der Waals surface area contributed by atoms with Crippen molar-refractivity contribution in [3.63, 3.8) is 0 Å². The van der Waals surface area contributed by atoms with Crippen molar-refractivity contribution < 1.29 is 4.84 Å². The Bertz CT molecular complexity index is 583. The fourth-order valence-corrected chi connectivity index (χ4v) is 2.16. The largest absolute Gasteiger partial charge is 0.387 e. The summed E-state index contributed by atoms with van der Waals surface area (Å²) in [6.07, 6.45) is 4.25. The Kier molecular flexibility index (Phi) is 2.99. The van der Waals surface area contributed by atoms with Crippen LogP contribution >= 0.6 is 11.6 Å². The molecule has 0 N–H and O–H groups in total. The number of nitrogens with zero attached hydrogens (tertiary/aromatic N) is 2. The molecule has 2 heterocycles. The SMILES string of the molecule is Clc1cccc(C2=NOC(c3ccncc3)C2)c1. The maximum Gasteiger partial charge on any atom is 0.158 e. The second-order valence-corrected chi connectivity index (χ2v) is 4.56. The molecule has 4 heteroatoms. The maximum atomic E-state index is 5.97. The van der Waals surface area contributed by atoms with Gasteiger partial charge in [0.15, 0.2) is 6.10 Å². The van der Waals surface area contributed by atoms with Gasteiger partial charge in [0.05, 0.1) is 5.71 Å². The molecule has 0 aliphatic carbocycles. The van der Waals surface area contributed by atoms with Gasteiger partial charge < -0.3 is 4.84 Å². The first-order chi connectivity index (χ1) is 8.83. The zero-order valence-corrected chi connectivity index (χ0v) is 10.3. The number of hydrogen-bond donors (Lipinski definition) is 0. The molecular weight excluding hydrogens is 248 g/mol. The van der Waals surface area contributed by atoms with Gasteiger partial charge in [0.25, 0.3) is 0 Å². The molecular formula is C14H11ClN2O. The van der Waals surface area contributed by atoms with E-state index in [2.05, 4.69) is 10.1 Å². The molecule has 1 unspecified atom stereocenters. The number of halogens is 1. The fraction of sp³-hybridized carbons (Fsp3) is 0.143. The van der Waals surface area contributed by atoms with Crippen molar-refractivity contribution in [3.8, 4) is 0 Å². The minimum Gasteiger partial charge on any atom is -0.387 e.